The van der Waals surface area contributed by atoms with Crippen LogP contribution in [0.5, 0.6) is 0 Å². The zero-order valence-corrected chi connectivity index (χ0v) is 6.91. The van der Waals surface area contributed by atoms with Gasteiger partial charge in [0.05, 0.1) is 0 Å². The van der Waals surface area contributed by atoms with Crippen LogP contribution in [0.4, 0.5) is 0 Å². The topological polar surface area (TPSA) is 84.0 Å². The molecule has 4 nitrogen and oxygen atoms in total. The van der Waals surface area contributed by atoms with Crippen LogP contribution in [0.3, 0.4) is 0 Å². The summed E-state index contributed by atoms with van der Waals surface area (Å²) in [5, 5.41) is 9.00. The van der Waals surface area contributed by atoms with Crippen LogP contribution in [-0.4, -0.2) is 54.4 Å². The van der Waals surface area contributed by atoms with Gasteiger partial charge in [0.2, 0.25) is 0 Å². The predicted molar refractivity (Wildman–Crippen MR) is 18.5 cm³/mol. The van der Waals surface area contributed by atoms with Crippen LogP contribution < -0.4 is 0 Å². The number of nitrogens with zero attached hydrogens (tertiary/aromatic N) is 1. The molecule has 0 bridgehead atoms. The minimum Gasteiger partial charge on any atom is -0.444 e. The monoisotopic (exact) mass is 202 g/mol. The Morgan fingerprint density at radius 1 is 1.60 bits per heavy atom. The van der Waals surface area contributed by atoms with Crippen molar-refractivity contribution in [2.45, 2.75) is 0 Å². The number of rotatable bonds is 0. The third-order valence-corrected chi connectivity index (χ3v) is 0. The molecule has 0 spiro atoms. The molecule has 0 fully saturated rings. The van der Waals surface area contributed by atoms with Crippen molar-refractivity contribution in [1.82, 2.24) is 0 Å². The van der Waals surface area contributed by atoms with Gasteiger partial charge in [-0.15, -0.1) is 5.34 Å². The Balaban J connectivity index is -0.0000000200. The van der Waals surface area contributed by atoms with Gasteiger partial charge in [-0.2, -0.15) is 0 Å². The van der Waals surface area contributed by atoms with Crippen molar-refractivity contribution in [2.24, 2.45) is 5.34 Å². The van der Waals surface area contributed by atoms with Crippen molar-refractivity contribution < 1.29 is 5.48 Å². The summed E-state index contributed by atoms with van der Waals surface area (Å²) in [5.74, 6) is 0. The maximum absolute atomic E-state index is 8.00. The Hall–Kier alpha value is 0.931. The Morgan fingerprint density at radius 2 is 1.60 bits per heavy atom. The molecule has 0 unspecified atom stereocenters. The molecular formula is H2BaNO3+. The normalized spacial score (nSPS) is 2.40. The second kappa shape index (κ2) is 20.4. The van der Waals surface area contributed by atoms with Crippen molar-refractivity contribution in [1.29, 1.82) is 0 Å². The van der Waals surface area contributed by atoms with Crippen LogP contribution in [0.25, 0.3) is 0 Å². The molecule has 0 atom stereocenters. The third-order valence-electron chi connectivity index (χ3n) is 0. The Kier molecular flexibility index (Phi) is 68.6. The Labute approximate surface area is 68.9 Å². The fourth-order valence-corrected chi connectivity index (χ4v) is 0. The average molecular weight is 201 g/mol. The smallest absolute Gasteiger partial charge is 0.444 e. The summed E-state index contributed by atoms with van der Waals surface area (Å²) in [5.41, 5.74) is 0. The molecule has 0 saturated carbocycles. The van der Waals surface area contributed by atoms with Crippen molar-refractivity contribution in [3.63, 3.8) is 0 Å². The van der Waals surface area contributed by atoms with Crippen molar-refractivity contribution >= 4 is 48.9 Å². The van der Waals surface area contributed by atoms with Gasteiger partial charge >= 0.3 is 48.9 Å². The van der Waals surface area contributed by atoms with E-state index in [2.05, 4.69) is 0 Å². The average Bonchev–Trinajstić information content (AvgIpc) is 0.918. The van der Waals surface area contributed by atoms with Gasteiger partial charge in [0, 0.05) is 0 Å². The summed E-state index contributed by atoms with van der Waals surface area (Å²) in [6, 6.07) is 0. The van der Waals surface area contributed by atoms with Gasteiger partial charge in [-0.05, 0) is 0 Å². The maximum atomic E-state index is 8.00. The molecule has 5 heteroatoms. The van der Waals surface area contributed by atoms with Gasteiger partial charge in [-0.1, -0.05) is 0 Å². The Morgan fingerprint density at radius 3 is 1.60 bits per heavy atom. The molecule has 26 valence electrons. The first-order valence-electron chi connectivity index (χ1n) is 0.365. The third kappa shape index (κ3) is 48.8. The SMILES string of the molecule is O.O=N[O-].[Ba+2]. The van der Waals surface area contributed by atoms with Gasteiger partial charge in [0.1, 0.15) is 0 Å². The molecular weight excluding hydrogens is 199 g/mol. The van der Waals surface area contributed by atoms with Crippen molar-refractivity contribution in [2.75, 3.05) is 0 Å². The molecule has 0 saturated heterocycles. The molecule has 2 N–H and O–H groups in total. The molecule has 0 rings (SSSR count). The molecule has 0 aliphatic heterocycles. The fourth-order valence-electron chi connectivity index (χ4n) is 0. The molecule has 0 aromatic rings. The molecule has 0 aliphatic carbocycles. The Bertz CT molecular complexity index is 14.4. The van der Waals surface area contributed by atoms with E-state index < -0.39 is 0 Å². The standard InChI is InChI=1S/Ba.HNO2.H2O/c;2-1-3;/h;(H,2,3);1H2/q+2;;/p-1. The molecule has 0 aromatic carbocycles. The minimum atomic E-state index is 0. The van der Waals surface area contributed by atoms with E-state index in [-0.39, 0.29) is 54.4 Å². The van der Waals surface area contributed by atoms with Gasteiger partial charge in [0.25, 0.3) is 0 Å². The van der Waals surface area contributed by atoms with E-state index in [9.17, 15) is 0 Å². The van der Waals surface area contributed by atoms with Crippen LogP contribution in [0.2, 0.25) is 0 Å². The first-order valence-corrected chi connectivity index (χ1v) is 0.365. The van der Waals surface area contributed by atoms with E-state index in [4.69, 9.17) is 10.1 Å². The summed E-state index contributed by atoms with van der Waals surface area (Å²) in [7, 11) is 0. The molecule has 0 amide bonds. The number of hydrogen-bond donors (Lipinski definition) is 0. The largest absolute Gasteiger partial charge is 2.00 e. The van der Waals surface area contributed by atoms with Gasteiger partial charge in [-0.25, -0.2) is 0 Å². The van der Waals surface area contributed by atoms with Crippen molar-refractivity contribution in [3.05, 3.63) is 10.1 Å². The van der Waals surface area contributed by atoms with E-state index in [0.29, 0.717) is 0 Å². The first kappa shape index (κ1) is 16.8. The molecule has 5 heavy (non-hydrogen) atoms. The van der Waals surface area contributed by atoms with Crippen LogP contribution in [0.1, 0.15) is 0 Å². The molecule has 0 heterocycles. The molecule has 0 radical (unpaired) electrons. The summed E-state index contributed by atoms with van der Waals surface area (Å²) in [4.78, 5) is 8.00. The number of hydrogen-bond acceptors (Lipinski definition) is 3. The molecule has 0 aromatic heterocycles. The van der Waals surface area contributed by atoms with Crippen molar-refractivity contribution in [3.8, 4) is 0 Å². The van der Waals surface area contributed by atoms with Gasteiger partial charge in [0.15, 0.2) is 0 Å². The first-order chi connectivity index (χ1) is 1.41. The van der Waals surface area contributed by atoms with E-state index in [1.807, 2.05) is 0 Å². The summed E-state index contributed by atoms with van der Waals surface area (Å²) in [6.45, 7) is 0. The van der Waals surface area contributed by atoms with E-state index >= 15 is 0 Å². The zero-order chi connectivity index (χ0) is 2.71. The second-order valence-electron chi connectivity index (χ2n) is 0.0745. The zero-order valence-electron chi connectivity index (χ0n) is 2.47. The van der Waals surface area contributed by atoms with Crippen LogP contribution in [0, 0.1) is 10.1 Å². The van der Waals surface area contributed by atoms with E-state index in [0.717, 1.165) is 5.34 Å². The molecule has 0 aliphatic rings. The summed E-state index contributed by atoms with van der Waals surface area (Å²) in [6.07, 6.45) is 0. The summed E-state index contributed by atoms with van der Waals surface area (Å²) >= 11 is 0. The quantitative estimate of drug-likeness (QED) is 0.287. The maximum Gasteiger partial charge on any atom is 2.00 e. The van der Waals surface area contributed by atoms with Gasteiger partial charge in [-0.3, -0.25) is 0 Å². The van der Waals surface area contributed by atoms with E-state index in [1.54, 1.807) is 0 Å². The van der Waals surface area contributed by atoms with E-state index in [1.165, 1.54) is 0 Å². The minimum absolute atomic E-state index is 0. The second-order valence-corrected chi connectivity index (χ2v) is 0.0745. The van der Waals surface area contributed by atoms with Gasteiger partial charge < -0.3 is 15.6 Å². The fraction of sp³-hybridized carbons (Fsp3) is 0. The van der Waals surface area contributed by atoms with Crippen LogP contribution in [0.15, 0.2) is 5.34 Å². The predicted octanol–water partition coefficient (Wildman–Crippen LogP) is -0.955. The summed E-state index contributed by atoms with van der Waals surface area (Å²) < 4.78 is 0. The van der Waals surface area contributed by atoms with Crippen LogP contribution >= 0.6 is 0 Å². The van der Waals surface area contributed by atoms with Crippen LogP contribution in [-0.2, 0) is 0 Å².